The number of rotatable bonds is 7. The van der Waals surface area contributed by atoms with E-state index in [1.807, 2.05) is 19.1 Å². The fourth-order valence-corrected chi connectivity index (χ4v) is 3.23. The van der Waals surface area contributed by atoms with E-state index in [9.17, 15) is 4.79 Å². The Balaban J connectivity index is 2.69. The molecule has 1 aliphatic carbocycles. The fraction of sp³-hybridized carbons (Fsp3) is 0.500. The van der Waals surface area contributed by atoms with Gasteiger partial charge in [-0.05, 0) is 56.6 Å². The zero-order valence-electron chi connectivity index (χ0n) is 16.4. The molecule has 0 aromatic heterocycles. The van der Waals surface area contributed by atoms with Crippen LogP contribution in [0.5, 0.6) is 0 Å². The summed E-state index contributed by atoms with van der Waals surface area (Å²) in [4.78, 5) is 11.6. The van der Waals surface area contributed by atoms with E-state index in [0.29, 0.717) is 12.3 Å². The number of hydrogen-bond acceptors (Lipinski definition) is 2. The van der Waals surface area contributed by atoms with Crippen LogP contribution in [0.15, 0.2) is 58.7 Å². The van der Waals surface area contributed by atoms with Gasteiger partial charge < -0.3 is 5.32 Å². The molecule has 0 saturated heterocycles. The Morgan fingerprint density at radius 3 is 2.60 bits per heavy atom. The van der Waals surface area contributed by atoms with Crippen molar-refractivity contribution in [1.82, 2.24) is 5.32 Å². The molecule has 0 spiro atoms. The predicted octanol–water partition coefficient (Wildman–Crippen LogP) is 5.56. The first-order chi connectivity index (χ1) is 11.8. The summed E-state index contributed by atoms with van der Waals surface area (Å²) in [6.45, 7) is 11.5. The molecule has 0 bridgehead atoms. The number of nitrogens with one attached hydrogen (secondary N) is 1. The first-order valence-corrected chi connectivity index (χ1v) is 9.70. The number of allylic oxidation sites excluding steroid dienone is 9. The molecule has 1 aliphatic rings. The lowest BCUT2D eigenvalue weighted by molar-refractivity contribution is -0.116. The van der Waals surface area contributed by atoms with Crippen LogP contribution in [0.3, 0.4) is 0 Å². The summed E-state index contributed by atoms with van der Waals surface area (Å²) < 4.78 is 0. The maximum absolute atomic E-state index is 11.6. The van der Waals surface area contributed by atoms with Crippen LogP contribution in [0.4, 0.5) is 0 Å². The third-order valence-corrected chi connectivity index (χ3v) is 4.77. The third-order valence-electron chi connectivity index (χ3n) is 4.54. The number of carbonyl (C=O) groups is 1. The Morgan fingerprint density at radius 1 is 1.24 bits per heavy atom. The number of carbonyl (C=O) groups excluding carboxylic acids is 1. The second kappa shape index (κ2) is 10.5. The average molecular weight is 360 g/mol. The summed E-state index contributed by atoms with van der Waals surface area (Å²) >= 11 is 4.07. The third kappa shape index (κ3) is 7.96. The smallest absolute Gasteiger partial charge is 0.244 e. The summed E-state index contributed by atoms with van der Waals surface area (Å²) in [7, 11) is 0. The summed E-state index contributed by atoms with van der Waals surface area (Å²) in [6, 6.07) is 0. The molecular weight excluding hydrogens is 326 g/mol. The van der Waals surface area contributed by atoms with Crippen LogP contribution >= 0.6 is 12.6 Å². The topological polar surface area (TPSA) is 29.1 Å². The van der Waals surface area contributed by atoms with Crippen molar-refractivity contribution in [2.24, 2.45) is 5.41 Å². The highest BCUT2D eigenvalue weighted by molar-refractivity contribution is 7.80. The van der Waals surface area contributed by atoms with E-state index in [2.05, 4.69) is 63.9 Å². The Bertz CT molecular complexity index is 618. The highest BCUT2D eigenvalue weighted by atomic mass is 32.1. The lowest BCUT2D eigenvalue weighted by Crippen LogP contribution is -2.23. The number of amides is 1. The Morgan fingerprint density at radius 2 is 1.96 bits per heavy atom. The normalized spacial score (nSPS) is 19.1. The van der Waals surface area contributed by atoms with Crippen LogP contribution < -0.4 is 5.32 Å². The first-order valence-electron chi connectivity index (χ1n) is 9.06. The molecule has 3 heteroatoms. The van der Waals surface area contributed by atoms with Crippen LogP contribution in [0, 0.1) is 5.41 Å². The van der Waals surface area contributed by atoms with Gasteiger partial charge in [0.05, 0.1) is 0 Å². The molecule has 0 unspecified atom stereocenters. The minimum Gasteiger partial charge on any atom is -0.352 e. The summed E-state index contributed by atoms with van der Waals surface area (Å²) in [5.41, 5.74) is 5.39. The van der Waals surface area contributed by atoms with Crippen molar-refractivity contribution in [3.8, 4) is 0 Å². The maximum Gasteiger partial charge on any atom is 0.244 e. The van der Waals surface area contributed by atoms with Crippen molar-refractivity contribution in [2.75, 3.05) is 12.3 Å². The van der Waals surface area contributed by atoms with Crippen molar-refractivity contribution >= 4 is 18.5 Å². The fourth-order valence-electron chi connectivity index (χ4n) is 3.12. The van der Waals surface area contributed by atoms with Crippen molar-refractivity contribution in [3.05, 3.63) is 58.7 Å². The van der Waals surface area contributed by atoms with Crippen LogP contribution in [0.2, 0.25) is 0 Å². The van der Waals surface area contributed by atoms with Gasteiger partial charge in [-0.25, -0.2) is 0 Å². The van der Waals surface area contributed by atoms with Gasteiger partial charge in [0.1, 0.15) is 0 Å². The lowest BCUT2D eigenvalue weighted by Gasteiger charge is -2.32. The molecule has 0 radical (unpaired) electrons. The predicted molar refractivity (Wildman–Crippen MR) is 113 cm³/mol. The van der Waals surface area contributed by atoms with E-state index >= 15 is 0 Å². The number of hydrogen-bond donors (Lipinski definition) is 2. The SMILES string of the molecule is CC1=C(/C=C/C(C)=C/C=C/C(C)=C/C(=O)NCCS)C(C)(C)CCC1. The summed E-state index contributed by atoms with van der Waals surface area (Å²) in [5, 5.41) is 2.77. The number of thiol groups is 1. The molecule has 25 heavy (non-hydrogen) atoms. The van der Waals surface area contributed by atoms with Crippen molar-refractivity contribution in [2.45, 2.75) is 53.9 Å². The second-order valence-corrected chi connectivity index (χ2v) is 7.88. The Hall–Kier alpha value is -1.48. The van der Waals surface area contributed by atoms with Crippen LogP contribution in [0.1, 0.15) is 53.9 Å². The highest BCUT2D eigenvalue weighted by Gasteiger charge is 2.26. The summed E-state index contributed by atoms with van der Waals surface area (Å²) in [6.07, 6.45) is 15.9. The average Bonchev–Trinajstić information content (AvgIpc) is 2.51. The molecule has 0 saturated carbocycles. The molecule has 1 N–H and O–H groups in total. The molecule has 2 nitrogen and oxygen atoms in total. The van der Waals surface area contributed by atoms with Crippen LogP contribution in [-0.4, -0.2) is 18.2 Å². The van der Waals surface area contributed by atoms with Gasteiger partial charge >= 0.3 is 0 Å². The van der Waals surface area contributed by atoms with E-state index in [1.165, 1.54) is 36.0 Å². The summed E-state index contributed by atoms with van der Waals surface area (Å²) in [5.74, 6) is 0.578. The molecule has 138 valence electrons. The highest BCUT2D eigenvalue weighted by Crippen LogP contribution is 2.40. The Labute approximate surface area is 159 Å². The van der Waals surface area contributed by atoms with Crippen LogP contribution in [-0.2, 0) is 4.79 Å². The van der Waals surface area contributed by atoms with Gasteiger partial charge in [0.2, 0.25) is 5.91 Å². The molecule has 1 amide bonds. The van der Waals surface area contributed by atoms with Gasteiger partial charge in [0.15, 0.2) is 0 Å². The molecule has 0 aromatic carbocycles. The Kier molecular flexibility index (Phi) is 9.05. The zero-order chi connectivity index (χ0) is 18.9. The van der Waals surface area contributed by atoms with Gasteiger partial charge in [0, 0.05) is 18.4 Å². The molecule has 0 aromatic rings. The minimum atomic E-state index is -0.0706. The largest absolute Gasteiger partial charge is 0.352 e. The van der Waals surface area contributed by atoms with E-state index in [0.717, 1.165) is 5.57 Å². The second-order valence-electron chi connectivity index (χ2n) is 7.44. The molecular formula is C22H33NOS. The van der Waals surface area contributed by atoms with E-state index < -0.39 is 0 Å². The van der Waals surface area contributed by atoms with E-state index in [-0.39, 0.29) is 11.3 Å². The van der Waals surface area contributed by atoms with Gasteiger partial charge in [-0.3, -0.25) is 4.79 Å². The standard InChI is InChI=1S/C22H33NOS/c1-17(8-6-9-18(2)16-21(24)23-14-15-25)11-12-20-19(3)10-7-13-22(20,4)5/h6,8-9,11-12,16,25H,7,10,13-15H2,1-5H3,(H,23,24)/b9-6+,12-11+,17-8+,18-16+. The van der Waals surface area contributed by atoms with E-state index in [4.69, 9.17) is 0 Å². The molecule has 1 rings (SSSR count). The van der Waals surface area contributed by atoms with Gasteiger partial charge in [-0.15, -0.1) is 0 Å². The van der Waals surface area contributed by atoms with Gasteiger partial charge in [-0.2, -0.15) is 12.6 Å². The van der Waals surface area contributed by atoms with Crippen molar-refractivity contribution in [3.63, 3.8) is 0 Å². The van der Waals surface area contributed by atoms with Crippen LogP contribution in [0.25, 0.3) is 0 Å². The van der Waals surface area contributed by atoms with Crippen molar-refractivity contribution in [1.29, 1.82) is 0 Å². The van der Waals surface area contributed by atoms with Gasteiger partial charge in [-0.1, -0.05) is 55.4 Å². The minimum absolute atomic E-state index is 0.0706. The molecule has 0 heterocycles. The lowest BCUT2D eigenvalue weighted by atomic mass is 9.72. The molecule has 0 aliphatic heterocycles. The van der Waals surface area contributed by atoms with Gasteiger partial charge in [0.25, 0.3) is 0 Å². The molecule has 0 fully saturated rings. The quantitative estimate of drug-likeness (QED) is 0.347. The maximum atomic E-state index is 11.6. The monoisotopic (exact) mass is 359 g/mol. The van der Waals surface area contributed by atoms with E-state index in [1.54, 1.807) is 6.08 Å². The van der Waals surface area contributed by atoms with Crippen molar-refractivity contribution < 1.29 is 4.79 Å². The molecule has 0 atom stereocenters. The first kappa shape index (κ1) is 21.6. The zero-order valence-corrected chi connectivity index (χ0v) is 17.2.